The molecule has 2 atom stereocenters. The highest BCUT2D eigenvalue weighted by Gasteiger charge is 2.20. The minimum absolute atomic E-state index is 0.525. The van der Waals surface area contributed by atoms with Crippen LogP contribution in [0.5, 0.6) is 0 Å². The maximum Gasteiger partial charge on any atom is 0.0590 e. The Hall–Kier alpha value is -0.0800. The van der Waals surface area contributed by atoms with Gasteiger partial charge in [0.2, 0.25) is 0 Å². The van der Waals surface area contributed by atoms with Gasteiger partial charge in [-0.1, -0.05) is 51.9 Å². The molecule has 1 fully saturated rings. The van der Waals surface area contributed by atoms with Gasteiger partial charge in [0.25, 0.3) is 0 Å². The molecular weight excluding hydrogens is 210 g/mol. The maximum absolute atomic E-state index is 5.82. The molecule has 0 aromatic rings. The second-order valence-electron chi connectivity index (χ2n) is 5.41. The molecule has 1 heterocycles. The normalized spacial score (nSPS) is 25.1. The summed E-state index contributed by atoms with van der Waals surface area (Å²) >= 11 is 0. The van der Waals surface area contributed by atoms with Crippen molar-refractivity contribution in [3.05, 3.63) is 0 Å². The van der Waals surface area contributed by atoms with Crippen LogP contribution in [0.15, 0.2) is 0 Å². The average molecular weight is 241 g/mol. The van der Waals surface area contributed by atoms with Crippen LogP contribution in [0.4, 0.5) is 0 Å². The molecule has 0 bridgehead atoms. The van der Waals surface area contributed by atoms with Gasteiger partial charge in [-0.2, -0.15) is 0 Å². The largest absolute Gasteiger partial charge is 0.378 e. The summed E-state index contributed by atoms with van der Waals surface area (Å²) in [6.45, 7) is 3.23. The monoisotopic (exact) mass is 241 g/mol. The maximum atomic E-state index is 5.82. The molecule has 0 saturated carbocycles. The van der Waals surface area contributed by atoms with E-state index >= 15 is 0 Å². The first-order chi connectivity index (χ1) is 8.36. The van der Waals surface area contributed by atoms with Gasteiger partial charge in [-0.05, 0) is 26.3 Å². The van der Waals surface area contributed by atoms with Crippen LogP contribution < -0.4 is 5.32 Å². The topological polar surface area (TPSA) is 21.3 Å². The van der Waals surface area contributed by atoms with Gasteiger partial charge in [0.15, 0.2) is 0 Å². The van der Waals surface area contributed by atoms with E-state index in [1.165, 1.54) is 64.2 Å². The second-order valence-corrected chi connectivity index (χ2v) is 5.41. The molecule has 0 amide bonds. The van der Waals surface area contributed by atoms with Crippen LogP contribution in [0.3, 0.4) is 0 Å². The molecule has 1 rings (SSSR count). The Morgan fingerprint density at radius 3 is 2.47 bits per heavy atom. The molecule has 1 aliphatic rings. The predicted molar refractivity (Wildman–Crippen MR) is 74.4 cm³/mol. The first-order valence-corrected chi connectivity index (χ1v) is 7.65. The van der Waals surface area contributed by atoms with Crippen molar-refractivity contribution in [3.63, 3.8) is 0 Å². The lowest BCUT2D eigenvalue weighted by molar-refractivity contribution is -0.00294. The molecule has 0 aliphatic carbocycles. The third kappa shape index (κ3) is 7.05. The molecule has 0 spiro atoms. The lowest BCUT2D eigenvalue weighted by atomic mass is 9.98. The SMILES string of the molecule is CCCCCCCCCC1CC(NC)CCO1. The Kier molecular flexibility index (Phi) is 8.72. The van der Waals surface area contributed by atoms with E-state index in [1.54, 1.807) is 0 Å². The molecule has 2 heteroatoms. The first-order valence-electron chi connectivity index (χ1n) is 7.65. The Balaban J connectivity index is 1.91. The van der Waals surface area contributed by atoms with Gasteiger partial charge in [-0.3, -0.25) is 0 Å². The molecule has 17 heavy (non-hydrogen) atoms. The fourth-order valence-electron chi connectivity index (χ4n) is 2.67. The first kappa shape index (κ1) is 15.0. The summed E-state index contributed by atoms with van der Waals surface area (Å²) in [4.78, 5) is 0. The van der Waals surface area contributed by atoms with Crippen LogP contribution in [0.1, 0.15) is 71.1 Å². The Morgan fingerprint density at radius 2 is 1.76 bits per heavy atom. The molecule has 2 nitrogen and oxygen atoms in total. The van der Waals surface area contributed by atoms with Gasteiger partial charge in [-0.15, -0.1) is 0 Å². The quantitative estimate of drug-likeness (QED) is 0.618. The van der Waals surface area contributed by atoms with Crippen LogP contribution in [-0.2, 0) is 4.74 Å². The molecule has 0 radical (unpaired) electrons. The van der Waals surface area contributed by atoms with Crippen LogP contribution in [-0.4, -0.2) is 25.8 Å². The number of unbranched alkanes of at least 4 members (excludes halogenated alkanes) is 6. The lowest BCUT2D eigenvalue weighted by Gasteiger charge is -2.29. The molecule has 1 N–H and O–H groups in total. The van der Waals surface area contributed by atoms with Gasteiger partial charge < -0.3 is 10.1 Å². The fourth-order valence-corrected chi connectivity index (χ4v) is 2.67. The van der Waals surface area contributed by atoms with Crippen molar-refractivity contribution >= 4 is 0 Å². The predicted octanol–water partition coefficient (Wildman–Crippen LogP) is 3.89. The van der Waals surface area contributed by atoms with Crippen LogP contribution in [0.2, 0.25) is 0 Å². The second kappa shape index (κ2) is 9.90. The number of hydrogen-bond donors (Lipinski definition) is 1. The summed E-state index contributed by atoms with van der Waals surface area (Å²) < 4.78 is 5.82. The minimum atomic E-state index is 0.525. The van der Waals surface area contributed by atoms with E-state index < -0.39 is 0 Å². The van der Waals surface area contributed by atoms with Crippen molar-refractivity contribution in [2.45, 2.75) is 83.3 Å². The zero-order valence-corrected chi connectivity index (χ0v) is 11.8. The van der Waals surface area contributed by atoms with Crippen molar-refractivity contribution in [2.75, 3.05) is 13.7 Å². The van der Waals surface area contributed by atoms with E-state index in [2.05, 4.69) is 19.3 Å². The van der Waals surface area contributed by atoms with E-state index in [-0.39, 0.29) is 0 Å². The zero-order valence-electron chi connectivity index (χ0n) is 11.8. The molecule has 1 saturated heterocycles. The van der Waals surface area contributed by atoms with Gasteiger partial charge in [0.1, 0.15) is 0 Å². The molecule has 0 aromatic carbocycles. The Bertz CT molecular complexity index is 172. The summed E-state index contributed by atoms with van der Waals surface area (Å²) in [5.74, 6) is 0. The van der Waals surface area contributed by atoms with Crippen molar-refractivity contribution < 1.29 is 4.74 Å². The molecule has 1 aliphatic heterocycles. The van der Waals surface area contributed by atoms with Crippen molar-refractivity contribution in [2.24, 2.45) is 0 Å². The van der Waals surface area contributed by atoms with Gasteiger partial charge in [-0.25, -0.2) is 0 Å². The standard InChI is InChI=1S/C15H31NO/c1-3-4-5-6-7-8-9-10-15-13-14(16-2)11-12-17-15/h14-16H,3-13H2,1-2H3. The highest BCUT2D eigenvalue weighted by molar-refractivity contribution is 4.75. The van der Waals surface area contributed by atoms with E-state index in [4.69, 9.17) is 4.74 Å². The smallest absolute Gasteiger partial charge is 0.0590 e. The number of hydrogen-bond acceptors (Lipinski definition) is 2. The lowest BCUT2D eigenvalue weighted by Crippen LogP contribution is -2.36. The zero-order chi connectivity index (χ0) is 12.3. The molecular formula is C15H31NO. The number of rotatable bonds is 9. The van der Waals surface area contributed by atoms with Gasteiger partial charge >= 0.3 is 0 Å². The molecule has 2 unspecified atom stereocenters. The summed E-state index contributed by atoms with van der Waals surface area (Å²) in [5.41, 5.74) is 0. The Labute approximate surface area is 108 Å². The number of ether oxygens (including phenoxy) is 1. The van der Waals surface area contributed by atoms with E-state index in [9.17, 15) is 0 Å². The third-order valence-electron chi connectivity index (χ3n) is 3.91. The Morgan fingerprint density at radius 1 is 1.06 bits per heavy atom. The van der Waals surface area contributed by atoms with Crippen LogP contribution in [0.25, 0.3) is 0 Å². The summed E-state index contributed by atoms with van der Waals surface area (Å²) in [7, 11) is 2.07. The average Bonchev–Trinajstić information content (AvgIpc) is 2.38. The minimum Gasteiger partial charge on any atom is -0.378 e. The highest BCUT2D eigenvalue weighted by atomic mass is 16.5. The summed E-state index contributed by atoms with van der Waals surface area (Å²) in [6, 6.07) is 0.693. The van der Waals surface area contributed by atoms with Crippen LogP contribution in [0, 0.1) is 0 Å². The van der Waals surface area contributed by atoms with E-state index in [0.29, 0.717) is 12.1 Å². The molecule has 0 aromatic heterocycles. The van der Waals surface area contributed by atoms with Crippen molar-refractivity contribution in [3.8, 4) is 0 Å². The van der Waals surface area contributed by atoms with Crippen LogP contribution >= 0.6 is 0 Å². The third-order valence-corrected chi connectivity index (χ3v) is 3.91. The van der Waals surface area contributed by atoms with Gasteiger partial charge in [0.05, 0.1) is 6.10 Å². The summed E-state index contributed by atoms with van der Waals surface area (Å²) in [5, 5.41) is 3.38. The van der Waals surface area contributed by atoms with Crippen molar-refractivity contribution in [1.82, 2.24) is 5.32 Å². The van der Waals surface area contributed by atoms with Gasteiger partial charge in [0, 0.05) is 12.6 Å². The van der Waals surface area contributed by atoms with E-state index in [0.717, 1.165) is 6.61 Å². The molecule has 102 valence electrons. The number of nitrogens with one attached hydrogen (secondary N) is 1. The fraction of sp³-hybridized carbons (Fsp3) is 1.00. The highest BCUT2D eigenvalue weighted by Crippen LogP contribution is 2.19. The summed E-state index contributed by atoms with van der Waals surface area (Å²) in [6.07, 6.45) is 14.0. The van der Waals surface area contributed by atoms with E-state index in [1.807, 2.05) is 0 Å². The van der Waals surface area contributed by atoms with Crippen molar-refractivity contribution in [1.29, 1.82) is 0 Å².